The van der Waals surface area contributed by atoms with Gasteiger partial charge >= 0.3 is 0 Å². The number of hydrogen-bond donors (Lipinski definition) is 1. The van der Waals surface area contributed by atoms with Crippen LogP contribution in [-0.4, -0.2) is 26.7 Å². The minimum absolute atomic E-state index is 0.0364. The van der Waals surface area contributed by atoms with E-state index in [1.165, 1.54) is 0 Å². The van der Waals surface area contributed by atoms with Crippen LogP contribution in [-0.2, 0) is 11.2 Å². The van der Waals surface area contributed by atoms with E-state index in [0.717, 1.165) is 28.2 Å². The molecule has 4 heteroatoms. The molecule has 0 fully saturated rings. The van der Waals surface area contributed by atoms with E-state index in [4.69, 9.17) is 9.47 Å². The highest BCUT2D eigenvalue weighted by atomic mass is 16.5. The molecule has 0 radical (unpaired) electrons. The molecule has 0 heterocycles. The molecule has 0 saturated heterocycles. The lowest BCUT2D eigenvalue weighted by molar-refractivity contribution is -0.121. The Morgan fingerprint density at radius 2 is 1.34 bits per heavy atom. The van der Waals surface area contributed by atoms with Crippen LogP contribution >= 0.6 is 0 Å². The first-order valence-electron chi connectivity index (χ1n) is 9.78. The SMILES string of the molecule is COc1cc(CCNC(=O)CC(c2ccccc2)c2ccccc2)cc(OC)c1. The Hall–Kier alpha value is -3.27. The van der Waals surface area contributed by atoms with Gasteiger partial charge in [0.15, 0.2) is 0 Å². The second kappa shape index (κ2) is 10.3. The summed E-state index contributed by atoms with van der Waals surface area (Å²) in [6.45, 7) is 0.561. The van der Waals surface area contributed by atoms with E-state index in [2.05, 4.69) is 29.6 Å². The summed E-state index contributed by atoms with van der Waals surface area (Å²) in [5, 5.41) is 3.06. The van der Waals surface area contributed by atoms with Gasteiger partial charge in [-0.25, -0.2) is 0 Å². The summed E-state index contributed by atoms with van der Waals surface area (Å²) in [4.78, 5) is 12.7. The van der Waals surface area contributed by atoms with Crippen LogP contribution in [0.3, 0.4) is 0 Å². The molecule has 1 amide bonds. The van der Waals surface area contributed by atoms with Gasteiger partial charge in [0, 0.05) is 24.9 Å². The number of nitrogens with one attached hydrogen (secondary N) is 1. The van der Waals surface area contributed by atoms with Crippen LogP contribution in [0.2, 0.25) is 0 Å². The van der Waals surface area contributed by atoms with Crippen LogP contribution in [0.4, 0.5) is 0 Å². The largest absolute Gasteiger partial charge is 0.497 e. The van der Waals surface area contributed by atoms with Gasteiger partial charge in [-0.05, 0) is 35.2 Å². The minimum Gasteiger partial charge on any atom is -0.497 e. The van der Waals surface area contributed by atoms with Crippen LogP contribution in [0.1, 0.15) is 29.0 Å². The maximum Gasteiger partial charge on any atom is 0.220 e. The molecular weight excluding hydrogens is 362 g/mol. The van der Waals surface area contributed by atoms with Gasteiger partial charge in [-0.2, -0.15) is 0 Å². The van der Waals surface area contributed by atoms with Crippen LogP contribution < -0.4 is 14.8 Å². The van der Waals surface area contributed by atoms with Crippen molar-refractivity contribution in [3.8, 4) is 11.5 Å². The Kier molecular flexibility index (Phi) is 7.28. The van der Waals surface area contributed by atoms with Crippen LogP contribution in [0.25, 0.3) is 0 Å². The van der Waals surface area contributed by atoms with Gasteiger partial charge in [-0.3, -0.25) is 4.79 Å². The molecule has 0 unspecified atom stereocenters. The molecule has 0 aliphatic heterocycles. The van der Waals surface area contributed by atoms with Crippen LogP contribution in [0.5, 0.6) is 11.5 Å². The molecule has 150 valence electrons. The fourth-order valence-electron chi connectivity index (χ4n) is 3.41. The average molecular weight is 389 g/mol. The smallest absolute Gasteiger partial charge is 0.220 e. The van der Waals surface area contributed by atoms with Gasteiger partial charge in [-0.15, -0.1) is 0 Å². The summed E-state index contributed by atoms with van der Waals surface area (Å²) in [6.07, 6.45) is 1.12. The Morgan fingerprint density at radius 1 is 0.828 bits per heavy atom. The number of amides is 1. The predicted molar refractivity (Wildman–Crippen MR) is 116 cm³/mol. The number of benzene rings is 3. The van der Waals surface area contributed by atoms with Crippen molar-refractivity contribution in [1.29, 1.82) is 0 Å². The fraction of sp³-hybridized carbons (Fsp3) is 0.240. The van der Waals surface area contributed by atoms with Crippen molar-refractivity contribution in [3.63, 3.8) is 0 Å². The monoisotopic (exact) mass is 389 g/mol. The van der Waals surface area contributed by atoms with Gasteiger partial charge < -0.3 is 14.8 Å². The molecule has 3 aromatic carbocycles. The Bertz CT molecular complexity index is 848. The topological polar surface area (TPSA) is 47.6 Å². The molecule has 0 saturated carbocycles. The first-order chi connectivity index (χ1) is 14.2. The summed E-state index contributed by atoms with van der Waals surface area (Å²) in [5.74, 6) is 1.57. The number of methoxy groups -OCH3 is 2. The Balaban J connectivity index is 1.62. The number of carbonyl (C=O) groups excluding carboxylic acids is 1. The number of carbonyl (C=O) groups is 1. The van der Waals surface area contributed by atoms with E-state index in [1.54, 1.807) is 14.2 Å². The fourth-order valence-corrected chi connectivity index (χ4v) is 3.41. The highest BCUT2D eigenvalue weighted by molar-refractivity contribution is 5.77. The van der Waals surface area contributed by atoms with Crippen molar-refractivity contribution in [2.45, 2.75) is 18.8 Å². The average Bonchev–Trinajstić information content (AvgIpc) is 2.78. The molecule has 1 N–H and O–H groups in total. The Labute approximate surface area is 172 Å². The van der Waals surface area contributed by atoms with E-state index in [1.807, 2.05) is 54.6 Å². The molecule has 0 atom stereocenters. The lowest BCUT2D eigenvalue weighted by Gasteiger charge is -2.18. The zero-order chi connectivity index (χ0) is 20.5. The van der Waals surface area contributed by atoms with Crippen molar-refractivity contribution in [2.75, 3.05) is 20.8 Å². The van der Waals surface area contributed by atoms with E-state index >= 15 is 0 Å². The highest BCUT2D eigenvalue weighted by Crippen LogP contribution is 2.28. The lowest BCUT2D eigenvalue weighted by Crippen LogP contribution is -2.27. The summed E-state index contributed by atoms with van der Waals surface area (Å²) >= 11 is 0. The summed E-state index contributed by atoms with van der Waals surface area (Å²) in [6, 6.07) is 26.1. The molecule has 0 spiro atoms. The van der Waals surface area contributed by atoms with E-state index in [0.29, 0.717) is 19.4 Å². The molecule has 3 aromatic rings. The third kappa shape index (κ3) is 5.85. The highest BCUT2D eigenvalue weighted by Gasteiger charge is 2.17. The van der Waals surface area contributed by atoms with Gasteiger partial charge in [0.05, 0.1) is 14.2 Å². The van der Waals surface area contributed by atoms with E-state index in [-0.39, 0.29) is 11.8 Å². The van der Waals surface area contributed by atoms with Gasteiger partial charge in [0.1, 0.15) is 11.5 Å². The lowest BCUT2D eigenvalue weighted by atomic mass is 9.88. The maximum atomic E-state index is 12.7. The van der Waals surface area contributed by atoms with Crippen molar-refractivity contribution in [1.82, 2.24) is 5.32 Å². The summed E-state index contributed by atoms with van der Waals surface area (Å²) < 4.78 is 10.6. The normalized spacial score (nSPS) is 10.6. The van der Waals surface area contributed by atoms with Crippen molar-refractivity contribution in [2.24, 2.45) is 0 Å². The minimum atomic E-state index is 0.0364. The second-order valence-electron chi connectivity index (χ2n) is 6.90. The van der Waals surface area contributed by atoms with Crippen LogP contribution in [0, 0.1) is 0 Å². The van der Waals surface area contributed by atoms with Gasteiger partial charge in [0.25, 0.3) is 0 Å². The standard InChI is InChI=1S/C25H27NO3/c1-28-22-15-19(16-23(17-22)29-2)13-14-26-25(27)18-24(20-9-5-3-6-10-20)21-11-7-4-8-12-21/h3-12,15-17,24H,13-14,18H2,1-2H3,(H,26,27). The van der Waals surface area contributed by atoms with E-state index in [9.17, 15) is 4.79 Å². The molecule has 29 heavy (non-hydrogen) atoms. The first-order valence-corrected chi connectivity index (χ1v) is 9.78. The number of ether oxygens (including phenoxy) is 2. The molecule has 0 aliphatic carbocycles. The first kappa shape index (κ1) is 20.5. The number of hydrogen-bond acceptors (Lipinski definition) is 3. The van der Waals surface area contributed by atoms with E-state index < -0.39 is 0 Å². The van der Waals surface area contributed by atoms with Crippen LogP contribution in [0.15, 0.2) is 78.9 Å². The predicted octanol–water partition coefficient (Wildman–Crippen LogP) is 4.58. The molecule has 0 aromatic heterocycles. The van der Waals surface area contributed by atoms with Crippen molar-refractivity contribution >= 4 is 5.91 Å². The number of rotatable bonds is 9. The van der Waals surface area contributed by atoms with Crippen molar-refractivity contribution < 1.29 is 14.3 Å². The van der Waals surface area contributed by atoms with Gasteiger partial charge in [-0.1, -0.05) is 60.7 Å². The summed E-state index contributed by atoms with van der Waals surface area (Å²) in [5.41, 5.74) is 3.35. The molecule has 0 bridgehead atoms. The maximum absolute atomic E-state index is 12.7. The summed E-state index contributed by atoms with van der Waals surface area (Å²) in [7, 11) is 3.27. The second-order valence-corrected chi connectivity index (χ2v) is 6.90. The van der Waals surface area contributed by atoms with Crippen molar-refractivity contribution in [3.05, 3.63) is 95.6 Å². The molecule has 3 rings (SSSR count). The quantitative estimate of drug-likeness (QED) is 0.582. The Morgan fingerprint density at radius 3 is 1.83 bits per heavy atom. The van der Waals surface area contributed by atoms with Gasteiger partial charge in [0.2, 0.25) is 5.91 Å². The molecule has 4 nitrogen and oxygen atoms in total. The third-order valence-electron chi connectivity index (χ3n) is 4.94. The zero-order valence-corrected chi connectivity index (χ0v) is 16.9. The third-order valence-corrected chi connectivity index (χ3v) is 4.94. The zero-order valence-electron chi connectivity index (χ0n) is 16.9. The molecule has 0 aliphatic rings. The molecular formula is C25H27NO3.